The van der Waals surface area contributed by atoms with E-state index < -0.39 is 17.4 Å². The van der Waals surface area contributed by atoms with E-state index in [-0.39, 0.29) is 17.9 Å². The number of ether oxygens (including phenoxy) is 2. The van der Waals surface area contributed by atoms with Crippen LogP contribution in [0, 0.1) is 11.8 Å². The molecule has 0 radical (unpaired) electrons. The number of likely N-dealkylation sites (tertiary alicyclic amines) is 1. The summed E-state index contributed by atoms with van der Waals surface area (Å²) < 4.78 is 11.6. The number of morpholine rings is 1. The van der Waals surface area contributed by atoms with Crippen molar-refractivity contribution in [1.29, 1.82) is 0 Å². The van der Waals surface area contributed by atoms with Crippen LogP contribution in [0.25, 0.3) is 10.9 Å². The molecule has 0 saturated carbocycles. The van der Waals surface area contributed by atoms with Gasteiger partial charge in [0.1, 0.15) is 5.60 Å². The zero-order valence-corrected chi connectivity index (χ0v) is 18.7. The van der Waals surface area contributed by atoms with Crippen LogP contribution >= 0.6 is 0 Å². The molecule has 2 N–H and O–H groups in total. The smallest absolute Gasteiger partial charge is 0.230 e. The third-order valence-corrected chi connectivity index (χ3v) is 7.64. The fraction of sp³-hybridized carbons (Fsp3) is 0.520. The molecule has 1 spiro atoms. The van der Waals surface area contributed by atoms with Crippen molar-refractivity contribution in [2.75, 3.05) is 52.5 Å². The second-order valence-electron chi connectivity index (χ2n) is 9.51. The molecule has 3 fully saturated rings. The lowest BCUT2D eigenvalue weighted by atomic mass is 9.77. The van der Waals surface area contributed by atoms with E-state index in [0.29, 0.717) is 19.6 Å². The van der Waals surface area contributed by atoms with Gasteiger partial charge in [-0.3, -0.25) is 14.5 Å². The van der Waals surface area contributed by atoms with Gasteiger partial charge in [-0.1, -0.05) is 30.4 Å². The van der Waals surface area contributed by atoms with Crippen LogP contribution in [0.5, 0.6) is 0 Å². The van der Waals surface area contributed by atoms with E-state index in [0.717, 1.165) is 44.8 Å². The molecule has 8 nitrogen and oxygen atoms in total. The number of aromatic amines is 1. The summed E-state index contributed by atoms with van der Waals surface area (Å²) in [5, 5.41) is 4.26. The lowest BCUT2D eigenvalue weighted by molar-refractivity contribution is -0.137. The number of hydrogen-bond donors (Lipinski definition) is 2. The Bertz CT molecular complexity index is 1090. The number of benzene rings is 1. The Morgan fingerprint density at radius 2 is 2.06 bits per heavy atom. The normalized spacial score (nSPS) is 31.0. The molecule has 5 heterocycles. The molecule has 6 rings (SSSR count). The highest BCUT2D eigenvalue weighted by atomic mass is 16.5. The van der Waals surface area contributed by atoms with Crippen molar-refractivity contribution in [3.05, 3.63) is 48.2 Å². The Hall–Kier alpha value is -2.68. The summed E-state index contributed by atoms with van der Waals surface area (Å²) in [5.74, 6) is -0.921. The van der Waals surface area contributed by atoms with Gasteiger partial charge in [-0.05, 0) is 18.1 Å². The van der Waals surface area contributed by atoms with Gasteiger partial charge in [0, 0.05) is 49.8 Å². The maximum Gasteiger partial charge on any atom is 0.230 e. The SMILES string of the molecule is O=C(NCCN1CCOCC1)C1C2C(=O)N(CCc3c[nH]c4ccccc34)CC23C=C[C@@H]1O3. The molecule has 2 amide bonds. The number of aromatic nitrogens is 1. The molecule has 2 aromatic rings. The van der Waals surface area contributed by atoms with Gasteiger partial charge in [-0.2, -0.15) is 0 Å². The Morgan fingerprint density at radius 1 is 1.21 bits per heavy atom. The quantitative estimate of drug-likeness (QED) is 0.614. The number of H-pyrrole nitrogens is 1. The van der Waals surface area contributed by atoms with Crippen LogP contribution in [0.4, 0.5) is 0 Å². The van der Waals surface area contributed by atoms with E-state index in [1.165, 1.54) is 10.9 Å². The highest BCUT2D eigenvalue weighted by Crippen LogP contribution is 2.51. The maximum absolute atomic E-state index is 13.4. The Balaban J connectivity index is 1.10. The third kappa shape index (κ3) is 3.57. The molecule has 4 aliphatic rings. The number of fused-ring (bicyclic) bond motifs is 2. The molecule has 1 aromatic carbocycles. The largest absolute Gasteiger partial charge is 0.379 e. The van der Waals surface area contributed by atoms with Gasteiger partial charge in [0.15, 0.2) is 0 Å². The highest BCUT2D eigenvalue weighted by Gasteiger charge is 2.66. The van der Waals surface area contributed by atoms with Gasteiger partial charge >= 0.3 is 0 Å². The van der Waals surface area contributed by atoms with Crippen molar-refractivity contribution in [2.24, 2.45) is 11.8 Å². The van der Waals surface area contributed by atoms with Crippen LogP contribution in [-0.2, 0) is 25.5 Å². The molecule has 174 valence electrons. The minimum atomic E-state index is -0.659. The average Bonchev–Trinajstić information content (AvgIpc) is 3.58. The minimum absolute atomic E-state index is 0.0371. The monoisotopic (exact) mass is 450 g/mol. The molecular formula is C25H30N4O4. The van der Waals surface area contributed by atoms with Crippen molar-refractivity contribution < 1.29 is 19.1 Å². The number of para-hydroxylation sites is 1. The number of carbonyl (C=O) groups is 2. The molecule has 1 aromatic heterocycles. The van der Waals surface area contributed by atoms with E-state index in [1.54, 1.807) is 0 Å². The summed E-state index contributed by atoms with van der Waals surface area (Å²) in [5.41, 5.74) is 1.65. The van der Waals surface area contributed by atoms with Gasteiger partial charge in [0.05, 0.1) is 37.7 Å². The Kier molecular flexibility index (Phi) is 5.24. The first-order valence-electron chi connectivity index (χ1n) is 11.9. The topological polar surface area (TPSA) is 86.9 Å². The average molecular weight is 451 g/mol. The summed E-state index contributed by atoms with van der Waals surface area (Å²) in [6.45, 7) is 5.77. The van der Waals surface area contributed by atoms with Gasteiger partial charge in [0.25, 0.3) is 0 Å². The van der Waals surface area contributed by atoms with E-state index in [9.17, 15) is 9.59 Å². The lowest BCUT2D eigenvalue weighted by Crippen LogP contribution is -2.47. The highest BCUT2D eigenvalue weighted by molar-refractivity contribution is 5.93. The first kappa shape index (κ1) is 20.9. The summed E-state index contributed by atoms with van der Waals surface area (Å²) in [4.78, 5) is 34.0. The molecule has 4 atom stereocenters. The maximum atomic E-state index is 13.4. The summed E-state index contributed by atoms with van der Waals surface area (Å²) in [6.07, 6.45) is 6.47. The number of nitrogens with one attached hydrogen (secondary N) is 2. The first-order chi connectivity index (χ1) is 16.1. The van der Waals surface area contributed by atoms with Crippen LogP contribution in [0.2, 0.25) is 0 Å². The van der Waals surface area contributed by atoms with E-state index in [4.69, 9.17) is 9.47 Å². The predicted octanol–water partition coefficient (Wildman–Crippen LogP) is 0.941. The number of hydrogen-bond acceptors (Lipinski definition) is 5. The van der Waals surface area contributed by atoms with Gasteiger partial charge in [-0.25, -0.2) is 0 Å². The number of carbonyl (C=O) groups excluding carboxylic acids is 2. The molecular weight excluding hydrogens is 420 g/mol. The minimum Gasteiger partial charge on any atom is -0.379 e. The standard InChI is InChI=1S/C25H30N4O4/c30-23(26-8-10-28-11-13-32-14-12-28)21-20-5-7-25(33-20)16-29(24(31)22(21)25)9-6-17-15-27-19-4-2-1-3-18(17)19/h1-5,7,15,20-22,27H,6,8-14,16H2,(H,26,30)/t20-,21?,22?,25?/m0/s1. The molecule has 4 aliphatic heterocycles. The van der Waals surface area contributed by atoms with Crippen molar-refractivity contribution in [3.8, 4) is 0 Å². The summed E-state index contributed by atoms with van der Waals surface area (Å²) >= 11 is 0. The molecule has 8 heteroatoms. The fourth-order valence-corrected chi connectivity index (χ4v) is 5.94. The summed E-state index contributed by atoms with van der Waals surface area (Å²) in [6, 6.07) is 8.21. The van der Waals surface area contributed by atoms with Gasteiger partial charge in [-0.15, -0.1) is 0 Å². The second-order valence-corrected chi connectivity index (χ2v) is 9.51. The number of rotatable bonds is 7. The molecule has 3 saturated heterocycles. The third-order valence-electron chi connectivity index (χ3n) is 7.64. The lowest BCUT2D eigenvalue weighted by Gasteiger charge is -2.27. The fourth-order valence-electron chi connectivity index (χ4n) is 5.94. The van der Waals surface area contributed by atoms with Gasteiger partial charge < -0.3 is 24.7 Å². The molecule has 3 unspecified atom stereocenters. The van der Waals surface area contributed by atoms with Crippen molar-refractivity contribution in [1.82, 2.24) is 20.1 Å². The van der Waals surface area contributed by atoms with Crippen LogP contribution in [0.3, 0.4) is 0 Å². The zero-order valence-electron chi connectivity index (χ0n) is 18.7. The number of amides is 2. The van der Waals surface area contributed by atoms with E-state index in [2.05, 4.69) is 27.3 Å². The van der Waals surface area contributed by atoms with Crippen LogP contribution in [-0.4, -0.2) is 90.8 Å². The summed E-state index contributed by atoms with van der Waals surface area (Å²) in [7, 11) is 0. The first-order valence-corrected chi connectivity index (χ1v) is 11.9. The molecule has 2 bridgehead atoms. The number of nitrogens with zero attached hydrogens (tertiary/aromatic N) is 2. The van der Waals surface area contributed by atoms with Gasteiger partial charge in [0.2, 0.25) is 11.8 Å². The van der Waals surface area contributed by atoms with Crippen molar-refractivity contribution in [3.63, 3.8) is 0 Å². The van der Waals surface area contributed by atoms with Crippen LogP contribution in [0.1, 0.15) is 5.56 Å². The van der Waals surface area contributed by atoms with Crippen molar-refractivity contribution >= 4 is 22.7 Å². The van der Waals surface area contributed by atoms with Crippen LogP contribution in [0.15, 0.2) is 42.6 Å². The van der Waals surface area contributed by atoms with E-state index >= 15 is 0 Å². The van der Waals surface area contributed by atoms with Crippen LogP contribution < -0.4 is 5.32 Å². The second kappa shape index (κ2) is 8.27. The predicted molar refractivity (Wildman–Crippen MR) is 123 cm³/mol. The molecule has 33 heavy (non-hydrogen) atoms. The van der Waals surface area contributed by atoms with Crippen molar-refractivity contribution in [2.45, 2.75) is 18.1 Å². The Morgan fingerprint density at radius 3 is 2.94 bits per heavy atom. The Labute approximate surface area is 192 Å². The zero-order chi connectivity index (χ0) is 22.4. The molecule has 0 aliphatic carbocycles. The van der Waals surface area contributed by atoms with E-state index in [1.807, 2.05) is 35.4 Å².